The Hall–Kier alpha value is -2.12. The molecule has 0 aliphatic carbocycles. The zero-order valence-electron chi connectivity index (χ0n) is 14.4. The third kappa shape index (κ3) is 4.69. The van der Waals surface area contributed by atoms with Crippen LogP contribution in [0.5, 0.6) is 0 Å². The minimum absolute atomic E-state index is 0.0629. The van der Waals surface area contributed by atoms with Crippen LogP contribution in [0.2, 0.25) is 0 Å². The van der Waals surface area contributed by atoms with E-state index in [1.54, 1.807) is 30.9 Å². The number of nitrogens with one attached hydrogen (secondary N) is 1. The number of aromatic nitrogens is 4. The molecule has 2 aromatic rings. The summed E-state index contributed by atoms with van der Waals surface area (Å²) in [7, 11) is 0. The highest BCUT2D eigenvalue weighted by Gasteiger charge is 2.26. The first kappa shape index (κ1) is 16.7. The molecule has 1 fully saturated rings. The van der Waals surface area contributed by atoms with Gasteiger partial charge in [0.2, 0.25) is 5.95 Å². The summed E-state index contributed by atoms with van der Waals surface area (Å²) in [5.74, 6) is 1.12. The van der Waals surface area contributed by atoms with Gasteiger partial charge >= 0.3 is 0 Å². The highest BCUT2D eigenvalue weighted by Crippen LogP contribution is 2.24. The van der Waals surface area contributed by atoms with Crippen molar-refractivity contribution in [1.29, 1.82) is 0 Å². The van der Waals surface area contributed by atoms with Crippen LogP contribution in [0.3, 0.4) is 0 Å². The van der Waals surface area contributed by atoms with Gasteiger partial charge in [-0.3, -0.25) is 9.88 Å². The van der Waals surface area contributed by atoms with E-state index in [2.05, 4.69) is 50.9 Å². The lowest BCUT2D eigenvalue weighted by molar-refractivity contribution is -0.0408. The van der Waals surface area contributed by atoms with Gasteiger partial charge < -0.3 is 10.1 Å². The highest BCUT2D eigenvalue weighted by atomic mass is 16.5. The number of morpholine rings is 1. The summed E-state index contributed by atoms with van der Waals surface area (Å²) in [6.45, 7) is 10.3. The number of anilines is 2. The molecule has 128 valence electrons. The fourth-order valence-electron chi connectivity index (χ4n) is 2.77. The molecule has 1 aliphatic rings. The van der Waals surface area contributed by atoms with Crippen LogP contribution in [0.1, 0.15) is 32.6 Å². The first-order valence-corrected chi connectivity index (χ1v) is 8.19. The van der Waals surface area contributed by atoms with E-state index in [4.69, 9.17) is 4.74 Å². The van der Waals surface area contributed by atoms with Crippen LogP contribution in [0, 0.1) is 5.41 Å². The Labute approximate surface area is 142 Å². The summed E-state index contributed by atoms with van der Waals surface area (Å²) in [6, 6.07) is 1.77. The SMILES string of the molecule is CC(C)(C)CN1CCO[C@H](c2cncc(Nc3ncccn3)n2)C1. The van der Waals surface area contributed by atoms with Crippen molar-refractivity contribution in [2.45, 2.75) is 26.9 Å². The van der Waals surface area contributed by atoms with Gasteiger partial charge in [0.25, 0.3) is 0 Å². The van der Waals surface area contributed by atoms with Crippen LogP contribution in [-0.2, 0) is 4.74 Å². The first-order chi connectivity index (χ1) is 11.5. The van der Waals surface area contributed by atoms with Crippen LogP contribution in [0.25, 0.3) is 0 Å². The molecule has 0 aromatic carbocycles. The van der Waals surface area contributed by atoms with Gasteiger partial charge in [0.1, 0.15) is 6.10 Å². The lowest BCUT2D eigenvalue weighted by Gasteiger charge is -2.36. The average molecular weight is 328 g/mol. The standard InChI is InChI=1S/C17H24N6O/c1-17(2,3)12-23-7-8-24-14(11-23)13-9-18-10-15(21-13)22-16-19-5-4-6-20-16/h4-6,9-10,14H,7-8,11-12H2,1-3H3,(H,19,20,21,22)/t14-/m0/s1. The molecule has 7 nitrogen and oxygen atoms in total. The monoisotopic (exact) mass is 328 g/mol. The van der Waals surface area contributed by atoms with Gasteiger partial charge in [-0.15, -0.1) is 0 Å². The molecular weight excluding hydrogens is 304 g/mol. The summed E-state index contributed by atoms with van der Waals surface area (Å²) in [5.41, 5.74) is 1.09. The predicted molar refractivity (Wildman–Crippen MR) is 91.9 cm³/mol. The maximum Gasteiger partial charge on any atom is 0.228 e. The zero-order valence-corrected chi connectivity index (χ0v) is 14.4. The van der Waals surface area contributed by atoms with Crippen LogP contribution in [-0.4, -0.2) is 51.1 Å². The van der Waals surface area contributed by atoms with Crippen molar-refractivity contribution in [2.75, 3.05) is 31.6 Å². The summed E-state index contributed by atoms with van der Waals surface area (Å²) in [6.07, 6.45) is 6.73. The van der Waals surface area contributed by atoms with E-state index >= 15 is 0 Å². The summed E-state index contributed by atoms with van der Waals surface area (Å²) in [5, 5.41) is 3.07. The molecular formula is C17H24N6O. The van der Waals surface area contributed by atoms with Crippen LogP contribution in [0.15, 0.2) is 30.9 Å². The first-order valence-electron chi connectivity index (χ1n) is 8.19. The molecule has 3 rings (SSSR count). The Morgan fingerprint density at radius 1 is 1.25 bits per heavy atom. The fraction of sp³-hybridized carbons (Fsp3) is 0.529. The number of ether oxygens (including phenoxy) is 1. The van der Waals surface area contributed by atoms with Crippen LogP contribution < -0.4 is 5.32 Å². The van der Waals surface area contributed by atoms with Crippen LogP contribution in [0.4, 0.5) is 11.8 Å². The smallest absolute Gasteiger partial charge is 0.228 e. The maximum atomic E-state index is 5.91. The normalized spacial score (nSPS) is 19.2. The number of rotatable bonds is 4. The Morgan fingerprint density at radius 2 is 2.04 bits per heavy atom. The van der Waals surface area contributed by atoms with E-state index in [0.29, 0.717) is 18.4 Å². The molecule has 24 heavy (non-hydrogen) atoms. The molecule has 2 aromatic heterocycles. The van der Waals surface area contributed by atoms with Crippen molar-refractivity contribution in [3.8, 4) is 0 Å². The molecule has 1 atom stereocenters. The maximum absolute atomic E-state index is 5.91. The lowest BCUT2D eigenvalue weighted by atomic mass is 9.95. The van der Waals surface area contributed by atoms with Gasteiger partial charge in [0.05, 0.1) is 24.7 Å². The summed E-state index contributed by atoms with van der Waals surface area (Å²) in [4.78, 5) is 19.6. The molecule has 3 heterocycles. The molecule has 0 radical (unpaired) electrons. The molecule has 0 bridgehead atoms. The number of hydrogen-bond acceptors (Lipinski definition) is 7. The van der Waals surface area contributed by atoms with Gasteiger partial charge in [0.15, 0.2) is 5.82 Å². The molecule has 7 heteroatoms. The van der Waals surface area contributed by atoms with E-state index in [1.807, 2.05) is 0 Å². The summed E-state index contributed by atoms with van der Waals surface area (Å²) >= 11 is 0. The molecule has 0 spiro atoms. The van der Waals surface area contributed by atoms with Crippen molar-refractivity contribution in [1.82, 2.24) is 24.8 Å². The largest absolute Gasteiger partial charge is 0.369 e. The predicted octanol–water partition coefficient (Wildman–Crippen LogP) is 2.43. The minimum atomic E-state index is -0.0629. The van der Waals surface area contributed by atoms with Crippen LogP contribution >= 0.6 is 0 Å². The van der Waals surface area contributed by atoms with E-state index in [9.17, 15) is 0 Å². The van der Waals surface area contributed by atoms with Crippen molar-refractivity contribution in [2.24, 2.45) is 5.41 Å². The molecule has 1 N–H and O–H groups in total. The van der Waals surface area contributed by atoms with E-state index in [0.717, 1.165) is 25.3 Å². The second kappa shape index (κ2) is 7.19. The third-order valence-electron chi connectivity index (χ3n) is 3.64. The summed E-state index contributed by atoms with van der Waals surface area (Å²) < 4.78 is 5.91. The van der Waals surface area contributed by atoms with Crippen molar-refractivity contribution < 1.29 is 4.74 Å². The highest BCUT2D eigenvalue weighted by molar-refractivity contribution is 5.45. The number of hydrogen-bond donors (Lipinski definition) is 1. The Balaban J connectivity index is 1.69. The van der Waals surface area contributed by atoms with Crippen molar-refractivity contribution >= 4 is 11.8 Å². The Bertz CT molecular complexity index is 658. The topological polar surface area (TPSA) is 76.1 Å². The van der Waals surface area contributed by atoms with Gasteiger partial charge in [-0.05, 0) is 11.5 Å². The van der Waals surface area contributed by atoms with E-state index < -0.39 is 0 Å². The Kier molecular flexibility index (Phi) is 5.01. The minimum Gasteiger partial charge on any atom is -0.369 e. The van der Waals surface area contributed by atoms with Gasteiger partial charge in [-0.1, -0.05) is 20.8 Å². The quantitative estimate of drug-likeness (QED) is 0.923. The van der Waals surface area contributed by atoms with Gasteiger partial charge in [0, 0.05) is 32.0 Å². The lowest BCUT2D eigenvalue weighted by Crippen LogP contribution is -2.42. The second-order valence-corrected chi connectivity index (χ2v) is 7.18. The molecule has 0 amide bonds. The van der Waals surface area contributed by atoms with Crippen molar-refractivity contribution in [3.63, 3.8) is 0 Å². The van der Waals surface area contributed by atoms with E-state index in [-0.39, 0.29) is 11.5 Å². The molecule has 1 aliphatic heterocycles. The average Bonchev–Trinajstić information content (AvgIpc) is 2.55. The van der Waals surface area contributed by atoms with Gasteiger partial charge in [-0.25, -0.2) is 15.0 Å². The molecule has 0 unspecified atom stereocenters. The third-order valence-corrected chi connectivity index (χ3v) is 3.64. The van der Waals surface area contributed by atoms with E-state index in [1.165, 1.54) is 0 Å². The zero-order chi connectivity index (χ0) is 17.0. The fourth-order valence-corrected chi connectivity index (χ4v) is 2.77. The molecule has 0 saturated carbocycles. The van der Waals surface area contributed by atoms with Gasteiger partial charge in [-0.2, -0.15) is 0 Å². The number of nitrogens with zero attached hydrogens (tertiary/aromatic N) is 5. The molecule has 1 saturated heterocycles. The second-order valence-electron chi connectivity index (χ2n) is 7.18. The van der Waals surface area contributed by atoms with Crippen molar-refractivity contribution in [3.05, 3.63) is 36.5 Å². The Morgan fingerprint density at radius 3 is 2.79 bits per heavy atom.